The Morgan fingerprint density at radius 1 is 1.14 bits per heavy atom. The first-order valence-electron chi connectivity index (χ1n) is 6.88. The lowest BCUT2D eigenvalue weighted by atomic mass is 10.1. The van der Waals surface area contributed by atoms with E-state index in [0.717, 1.165) is 0 Å². The van der Waals surface area contributed by atoms with Crippen LogP contribution in [-0.2, 0) is 0 Å². The molecule has 2 amide bonds. The van der Waals surface area contributed by atoms with Crippen LogP contribution < -0.4 is 5.32 Å². The molecule has 2 rings (SSSR count). The fourth-order valence-electron chi connectivity index (χ4n) is 2.02. The summed E-state index contributed by atoms with van der Waals surface area (Å²) in [7, 11) is 0. The highest BCUT2D eigenvalue weighted by Crippen LogP contribution is 2.15. The second-order valence-corrected chi connectivity index (χ2v) is 5.30. The number of carbonyl (C=O) groups excluding carboxylic acids is 2. The van der Waals surface area contributed by atoms with Gasteiger partial charge in [0.2, 0.25) is 0 Å². The highest BCUT2D eigenvalue weighted by molar-refractivity contribution is 7.08. The smallest absolute Gasteiger partial charge is 0.256 e. The van der Waals surface area contributed by atoms with Crippen LogP contribution in [0.15, 0.2) is 41.1 Å². The molecule has 2 aromatic rings. The van der Waals surface area contributed by atoms with Crippen LogP contribution in [0.3, 0.4) is 0 Å². The molecule has 0 radical (unpaired) electrons. The predicted molar refractivity (Wildman–Crippen MR) is 86.0 cm³/mol. The molecule has 5 heteroatoms. The van der Waals surface area contributed by atoms with E-state index in [1.165, 1.54) is 11.3 Å². The molecule has 1 N–H and O–H groups in total. The van der Waals surface area contributed by atoms with Gasteiger partial charge in [0.1, 0.15) is 0 Å². The molecule has 0 unspecified atom stereocenters. The number of benzene rings is 1. The standard InChI is InChI=1S/C16H18N2O2S/c1-3-18(4-2)16(20)12-6-5-7-14(10-12)17-15(19)13-8-9-21-11-13/h5-11H,3-4H2,1-2H3,(H,17,19). The lowest BCUT2D eigenvalue weighted by Crippen LogP contribution is -2.30. The SMILES string of the molecule is CCN(CC)C(=O)c1cccc(NC(=O)c2ccsc2)c1. The van der Waals surface area contributed by atoms with E-state index in [4.69, 9.17) is 0 Å². The van der Waals surface area contributed by atoms with Crippen molar-refractivity contribution in [2.24, 2.45) is 0 Å². The van der Waals surface area contributed by atoms with Crippen molar-refractivity contribution in [1.29, 1.82) is 0 Å². The number of thiophene rings is 1. The van der Waals surface area contributed by atoms with Crippen LogP contribution in [0.2, 0.25) is 0 Å². The number of rotatable bonds is 5. The van der Waals surface area contributed by atoms with Gasteiger partial charge in [-0.3, -0.25) is 9.59 Å². The fourth-order valence-corrected chi connectivity index (χ4v) is 2.66. The quantitative estimate of drug-likeness (QED) is 0.919. The number of nitrogens with zero attached hydrogens (tertiary/aromatic N) is 1. The van der Waals surface area contributed by atoms with Crippen molar-refractivity contribution in [1.82, 2.24) is 4.90 Å². The Kier molecular flexibility index (Phi) is 5.11. The highest BCUT2D eigenvalue weighted by atomic mass is 32.1. The maximum absolute atomic E-state index is 12.3. The Morgan fingerprint density at radius 2 is 1.90 bits per heavy atom. The fraction of sp³-hybridized carbons (Fsp3) is 0.250. The van der Waals surface area contributed by atoms with Gasteiger partial charge >= 0.3 is 0 Å². The van der Waals surface area contributed by atoms with Crippen molar-refractivity contribution >= 4 is 28.8 Å². The van der Waals surface area contributed by atoms with Gasteiger partial charge in [-0.15, -0.1) is 0 Å². The van der Waals surface area contributed by atoms with Crippen LogP contribution in [0.1, 0.15) is 34.6 Å². The second kappa shape index (κ2) is 7.04. The van der Waals surface area contributed by atoms with Crippen molar-refractivity contribution in [3.05, 3.63) is 52.2 Å². The van der Waals surface area contributed by atoms with Gasteiger partial charge in [-0.2, -0.15) is 11.3 Å². The van der Waals surface area contributed by atoms with Gasteiger partial charge in [0, 0.05) is 29.7 Å². The maximum atomic E-state index is 12.3. The third-order valence-electron chi connectivity index (χ3n) is 3.20. The number of carbonyl (C=O) groups is 2. The van der Waals surface area contributed by atoms with E-state index in [-0.39, 0.29) is 11.8 Å². The van der Waals surface area contributed by atoms with Gasteiger partial charge in [0.15, 0.2) is 0 Å². The molecule has 1 aromatic heterocycles. The zero-order valence-corrected chi connectivity index (χ0v) is 12.9. The Labute approximate surface area is 128 Å². The maximum Gasteiger partial charge on any atom is 0.256 e. The minimum Gasteiger partial charge on any atom is -0.339 e. The molecule has 0 saturated carbocycles. The van der Waals surface area contributed by atoms with Crippen molar-refractivity contribution in [3.63, 3.8) is 0 Å². The number of nitrogens with one attached hydrogen (secondary N) is 1. The second-order valence-electron chi connectivity index (χ2n) is 4.52. The minimum atomic E-state index is -0.163. The van der Waals surface area contributed by atoms with Crippen LogP contribution in [0.25, 0.3) is 0 Å². The zero-order valence-electron chi connectivity index (χ0n) is 12.1. The van der Waals surface area contributed by atoms with E-state index >= 15 is 0 Å². The lowest BCUT2D eigenvalue weighted by molar-refractivity contribution is 0.0772. The summed E-state index contributed by atoms with van der Waals surface area (Å²) in [6.07, 6.45) is 0. The molecule has 1 heterocycles. The van der Waals surface area contributed by atoms with E-state index in [1.54, 1.807) is 40.6 Å². The number of hydrogen-bond acceptors (Lipinski definition) is 3. The molecule has 21 heavy (non-hydrogen) atoms. The summed E-state index contributed by atoms with van der Waals surface area (Å²) in [6.45, 7) is 5.23. The van der Waals surface area contributed by atoms with E-state index < -0.39 is 0 Å². The van der Waals surface area contributed by atoms with Gasteiger partial charge in [0.25, 0.3) is 11.8 Å². The predicted octanol–water partition coefficient (Wildman–Crippen LogP) is 3.48. The largest absolute Gasteiger partial charge is 0.339 e. The van der Waals surface area contributed by atoms with Crippen LogP contribution in [0.4, 0.5) is 5.69 Å². The summed E-state index contributed by atoms with van der Waals surface area (Å²) in [5.41, 5.74) is 1.84. The summed E-state index contributed by atoms with van der Waals surface area (Å²) in [5.74, 6) is -0.185. The van der Waals surface area contributed by atoms with Crippen molar-refractivity contribution < 1.29 is 9.59 Å². The van der Waals surface area contributed by atoms with Gasteiger partial charge in [-0.1, -0.05) is 6.07 Å². The minimum absolute atomic E-state index is 0.0216. The Bertz CT molecular complexity index is 619. The van der Waals surface area contributed by atoms with Crippen LogP contribution in [0.5, 0.6) is 0 Å². The van der Waals surface area contributed by atoms with Crippen LogP contribution in [-0.4, -0.2) is 29.8 Å². The summed E-state index contributed by atoms with van der Waals surface area (Å²) >= 11 is 1.47. The number of hydrogen-bond donors (Lipinski definition) is 1. The molecule has 0 fully saturated rings. The zero-order chi connectivity index (χ0) is 15.2. The van der Waals surface area contributed by atoms with Gasteiger partial charge < -0.3 is 10.2 Å². The Morgan fingerprint density at radius 3 is 2.52 bits per heavy atom. The van der Waals surface area contributed by atoms with E-state index in [0.29, 0.717) is 29.9 Å². The molecular weight excluding hydrogens is 284 g/mol. The van der Waals surface area contributed by atoms with E-state index in [1.807, 2.05) is 19.2 Å². The molecule has 4 nitrogen and oxygen atoms in total. The molecule has 110 valence electrons. The molecule has 0 spiro atoms. The van der Waals surface area contributed by atoms with Crippen molar-refractivity contribution in [2.45, 2.75) is 13.8 Å². The topological polar surface area (TPSA) is 49.4 Å². The van der Waals surface area contributed by atoms with Gasteiger partial charge in [-0.05, 0) is 43.5 Å². The molecule has 0 aliphatic heterocycles. The molecule has 0 atom stereocenters. The first-order valence-corrected chi connectivity index (χ1v) is 7.82. The Balaban J connectivity index is 2.14. The summed E-state index contributed by atoms with van der Waals surface area (Å²) in [6, 6.07) is 8.81. The van der Waals surface area contributed by atoms with Gasteiger partial charge in [-0.25, -0.2) is 0 Å². The van der Waals surface area contributed by atoms with E-state index in [2.05, 4.69) is 5.32 Å². The van der Waals surface area contributed by atoms with Gasteiger partial charge in [0.05, 0.1) is 5.56 Å². The highest BCUT2D eigenvalue weighted by Gasteiger charge is 2.13. The van der Waals surface area contributed by atoms with Crippen molar-refractivity contribution in [2.75, 3.05) is 18.4 Å². The summed E-state index contributed by atoms with van der Waals surface area (Å²) in [5, 5.41) is 6.46. The molecule has 1 aromatic carbocycles. The molecule has 0 saturated heterocycles. The first kappa shape index (κ1) is 15.3. The summed E-state index contributed by atoms with van der Waals surface area (Å²) in [4.78, 5) is 26.0. The van der Waals surface area contributed by atoms with Crippen LogP contribution >= 0.6 is 11.3 Å². The molecule has 0 aliphatic rings. The number of amides is 2. The molecular formula is C16H18N2O2S. The first-order chi connectivity index (χ1) is 10.2. The van der Waals surface area contributed by atoms with Crippen LogP contribution in [0, 0.1) is 0 Å². The van der Waals surface area contributed by atoms with Crippen molar-refractivity contribution in [3.8, 4) is 0 Å². The lowest BCUT2D eigenvalue weighted by Gasteiger charge is -2.19. The average molecular weight is 302 g/mol. The third kappa shape index (κ3) is 3.70. The van der Waals surface area contributed by atoms with E-state index in [9.17, 15) is 9.59 Å². The average Bonchev–Trinajstić information content (AvgIpc) is 3.03. The number of anilines is 1. The normalized spacial score (nSPS) is 10.2. The monoisotopic (exact) mass is 302 g/mol. The Hall–Kier alpha value is -2.14. The molecule has 0 aliphatic carbocycles. The summed E-state index contributed by atoms with van der Waals surface area (Å²) < 4.78 is 0. The molecule has 0 bridgehead atoms. The third-order valence-corrected chi connectivity index (χ3v) is 3.88.